The number of guanidine groups is 1. The minimum absolute atomic E-state index is 0. The molecule has 1 amide bonds. The van der Waals surface area contributed by atoms with Crippen LogP contribution in [0.5, 0.6) is 5.75 Å². The summed E-state index contributed by atoms with van der Waals surface area (Å²) in [5.74, 6) is 2.29. The molecule has 0 atom stereocenters. The highest BCUT2D eigenvalue weighted by Gasteiger charge is 2.27. The summed E-state index contributed by atoms with van der Waals surface area (Å²) < 4.78 is 6.15. The molecule has 1 aromatic rings. The maximum Gasteiger partial charge on any atom is 0.225 e. The minimum Gasteiger partial charge on any atom is -0.490 e. The number of benzene rings is 1. The summed E-state index contributed by atoms with van der Waals surface area (Å²) in [6.07, 6.45) is 7.70. The largest absolute Gasteiger partial charge is 0.490 e. The number of carbonyl (C=O) groups excluding carboxylic acids is 1. The van der Waals surface area contributed by atoms with Crippen LogP contribution in [0, 0.1) is 5.92 Å². The van der Waals surface area contributed by atoms with Crippen molar-refractivity contribution in [2.24, 2.45) is 10.9 Å². The third kappa shape index (κ3) is 7.52. The van der Waals surface area contributed by atoms with Gasteiger partial charge in [-0.25, -0.2) is 4.99 Å². The van der Waals surface area contributed by atoms with Crippen LogP contribution in [-0.2, 0) is 11.3 Å². The van der Waals surface area contributed by atoms with E-state index in [1.54, 1.807) is 0 Å². The number of nitrogens with zero attached hydrogens (tertiary/aromatic N) is 2. The molecule has 2 N–H and O–H groups in total. The molecule has 1 aliphatic carbocycles. The molecule has 0 aromatic heterocycles. The summed E-state index contributed by atoms with van der Waals surface area (Å²) in [4.78, 5) is 19.5. The number of piperidine rings is 1. The lowest BCUT2D eigenvalue weighted by atomic mass is 9.96. The summed E-state index contributed by atoms with van der Waals surface area (Å²) in [6, 6.07) is 8.57. The highest BCUT2D eigenvalue weighted by molar-refractivity contribution is 14.0. The third-order valence-corrected chi connectivity index (χ3v) is 6.55. The Bertz CT molecular complexity index is 726. The molecule has 32 heavy (non-hydrogen) atoms. The predicted molar refractivity (Wildman–Crippen MR) is 142 cm³/mol. The zero-order valence-corrected chi connectivity index (χ0v) is 22.3. The van der Waals surface area contributed by atoms with Gasteiger partial charge in [-0.3, -0.25) is 4.79 Å². The SMILES string of the molecule is CCNC(=NCc1ccccc1OC1CCC1)NC1CCN(C(=O)C(CC)CC)CC1.I. The van der Waals surface area contributed by atoms with E-state index in [-0.39, 0.29) is 29.9 Å². The van der Waals surface area contributed by atoms with Crippen LogP contribution < -0.4 is 15.4 Å². The maximum absolute atomic E-state index is 12.6. The quantitative estimate of drug-likeness (QED) is 0.263. The van der Waals surface area contributed by atoms with Crippen LogP contribution in [0.2, 0.25) is 0 Å². The topological polar surface area (TPSA) is 66.0 Å². The first kappa shape index (κ1) is 26.7. The van der Waals surface area contributed by atoms with E-state index in [1.165, 1.54) is 6.42 Å². The van der Waals surface area contributed by atoms with Crippen molar-refractivity contribution in [1.29, 1.82) is 0 Å². The van der Waals surface area contributed by atoms with Gasteiger partial charge in [0.2, 0.25) is 5.91 Å². The Morgan fingerprint density at radius 1 is 1.12 bits per heavy atom. The Balaban J connectivity index is 0.00000363. The van der Waals surface area contributed by atoms with Crippen LogP contribution in [0.1, 0.15) is 71.3 Å². The van der Waals surface area contributed by atoms with Crippen molar-refractivity contribution in [2.45, 2.75) is 84.4 Å². The van der Waals surface area contributed by atoms with Gasteiger partial charge in [-0.05, 0) is 57.9 Å². The van der Waals surface area contributed by atoms with Gasteiger partial charge in [0.05, 0.1) is 12.6 Å². The van der Waals surface area contributed by atoms with Gasteiger partial charge >= 0.3 is 0 Å². The lowest BCUT2D eigenvalue weighted by Crippen LogP contribution is -2.50. The van der Waals surface area contributed by atoms with Gasteiger partial charge in [0.15, 0.2) is 5.96 Å². The molecule has 1 heterocycles. The summed E-state index contributed by atoms with van der Waals surface area (Å²) >= 11 is 0. The molecule has 1 aromatic carbocycles. The molecule has 1 aliphatic heterocycles. The average Bonchev–Trinajstić information content (AvgIpc) is 2.76. The first-order chi connectivity index (χ1) is 15.1. The van der Waals surface area contributed by atoms with Crippen molar-refractivity contribution in [3.63, 3.8) is 0 Å². The number of ether oxygens (including phenoxy) is 1. The number of hydrogen-bond acceptors (Lipinski definition) is 3. The van der Waals surface area contributed by atoms with Gasteiger partial charge in [0, 0.05) is 37.2 Å². The fraction of sp³-hybridized carbons (Fsp3) is 0.680. The first-order valence-corrected chi connectivity index (χ1v) is 12.2. The molecule has 7 heteroatoms. The molecule has 2 aliphatic rings. The second-order valence-electron chi connectivity index (χ2n) is 8.73. The van der Waals surface area contributed by atoms with Crippen LogP contribution in [0.25, 0.3) is 0 Å². The molecular formula is C25H41IN4O2. The van der Waals surface area contributed by atoms with Crippen molar-refractivity contribution >= 4 is 35.8 Å². The molecule has 180 valence electrons. The summed E-state index contributed by atoms with van der Waals surface area (Å²) in [7, 11) is 0. The molecule has 0 bridgehead atoms. The van der Waals surface area contributed by atoms with Crippen LogP contribution >= 0.6 is 24.0 Å². The van der Waals surface area contributed by atoms with Gasteiger partial charge in [0.1, 0.15) is 5.75 Å². The van der Waals surface area contributed by atoms with Crippen molar-refractivity contribution < 1.29 is 9.53 Å². The number of para-hydroxylation sites is 1. The van der Waals surface area contributed by atoms with Crippen LogP contribution in [0.4, 0.5) is 0 Å². The minimum atomic E-state index is 0. The summed E-state index contributed by atoms with van der Waals surface area (Å²) in [5, 5.41) is 6.96. The van der Waals surface area contributed by atoms with Gasteiger partial charge in [-0.15, -0.1) is 24.0 Å². The van der Waals surface area contributed by atoms with Gasteiger partial charge in [-0.1, -0.05) is 32.0 Å². The van der Waals surface area contributed by atoms with Crippen molar-refractivity contribution in [3.8, 4) is 5.75 Å². The molecular weight excluding hydrogens is 515 g/mol. The fourth-order valence-electron chi connectivity index (χ4n) is 4.24. The summed E-state index contributed by atoms with van der Waals surface area (Å²) in [5.41, 5.74) is 1.12. The van der Waals surface area contributed by atoms with E-state index in [4.69, 9.17) is 9.73 Å². The number of likely N-dealkylation sites (tertiary alicyclic amines) is 1. The lowest BCUT2D eigenvalue weighted by Gasteiger charge is -2.35. The molecule has 0 unspecified atom stereocenters. The molecule has 0 radical (unpaired) electrons. The monoisotopic (exact) mass is 556 g/mol. The van der Waals surface area contributed by atoms with E-state index in [9.17, 15) is 4.79 Å². The van der Waals surface area contributed by atoms with Gasteiger partial charge < -0.3 is 20.3 Å². The highest BCUT2D eigenvalue weighted by atomic mass is 127. The van der Waals surface area contributed by atoms with E-state index in [1.807, 2.05) is 17.0 Å². The van der Waals surface area contributed by atoms with Gasteiger partial charge in [0.25, 0.3) is 0 Å². The number of amides is 1. The van der Waals surface area contributed by atoms with E-state index in [2.05, 4.69) is 43.5 Å². The maximum atomic E-state index is 12.6. The zero-order valence-electron chi connectivity index (χ0n) is 19.9. The average molecular weight is 557 g/mol. The second-order valence-corrected chi connectivity index (χ2v) is 8.73. The lowest BCUT2D eigenvalue weighted by molar-refractivity contribution is -0.136. The normalized spacial score (nSPS) is 17.5. The smallest absolute Gasteiger partial charge is 0.225 e. The molecule has 6 nitrogen and oxygen atoms in total. The van der Waals surface area contributed by atoms with Crippen LogP contribution in [0.3, 0.4) is 0 Å². The Morgan fingerprint density at radius 3 is 2.41 bits per heavy atom. The van der Waals surface area contributed by atoms with E-state index in [0.717, 1.165) is 75.4 Å². The fourth-order valence-corrected chi connectivity index (χ4v) is 4.24. The molecule has 1 saturated carbocycles. The van der Waals surface area contributed by atoms with E-state index in [0.29, 0.717) is 24.6 Å². The number of carbonyl (C=O) groups is 1. The van der Waals surface area contributed by atoms with E-state index < -0.39 is 0 Å². The van der Waals surface area contributed by atoms with Crippen LogP contribution in [-0.4, -0.2) is 48.5 Å². The number of rotatable bonds is 9. The molecule has 0 spiro atoms. The number of hydrogen-bond donors (Lipinski definition) is 2. The third-order valence-electron chi connectivity index (χ3n) is 6.55. The first-order valence-electron chi connectivity index (χ1n) is 12.2. The standard InChI is InChI=1S/C25H40N4O2.HI/c1-4-19(5-2)24(30)29-16-14-21(15-17-29)28-25(26-6-3)27-18-20-10-7-8-13-23(20)31-22-11-9-12-22;/h7-8,10,13,19,21-22H,4-6,9,11-12,14-18H2,1-3H3,(H2,26,27,28);1H. The summed E-state index contributed by atoms with van der Waals surface area (Å²) in [6.45, 7) is 9.35. The molecule has 2 fully saturated rings. The number of halogens is 1. The Labute approximate surface area is 211 Å². The van der Waals surface area contributed by atoms with E-state index >= 15 is 0 Å². The number of nitrogens with one attached hydrogen (secondary N) is 2. The zero-order chi connectivity index (χ0) is 22.1. The van der Waals surface area contributed by atoms with Crippen molar-refractivity contribution in [1.82, 2.24) is 15.5 Å². The second kappa shape index (κ2) is 13.9. The van der Waals surface area contributed by atoms with Crippen LogP contribution in [0.15, 0.2) is 29.3 Å². The predicted octanol–water partition coefficient (Wildman–Crippen LogP) is 4.72. The Morgan fingerprint density at radius 2 is 1.81 bits per heavy atom. The number of aliphatic imine (C=N–C) groups is 1. The van der Waals surface area contributed by atoms with Crippen molar-refractivity contribution in [2.75, 3.05) is 19.6 Å². The Hall–Kier alpha value is -1.51. The Kier molecular flexibility index (Phi) is 11.6. The van der Waals surface area contributed by atoms with Gasteiger partial charge in [-0.2, -0.15) is 0 Å². The molecule has 1 saturated heterocycles. The highest BCUT2D eigenvalue weighted by Crippen LogP contribution is 2.28. The molecule has 3 rings (SSSR count). The van der Waals surface area contributed by atoms with Crippen molar-refractivity contribution in [3.05, 3.63) is 29.8 Å².